The van der Waals surface area contributed by atoms with Crippen molar-refractivity contribution in [3.8, 4) is 0 Å². The van der Waals surface area contributed by atoms with Crippen molar-refractivity contribution < 1.29 is 4.79 Å². The molecule has 0 bridgehead atoms. The van der Waals surface area contributed by atoms with E-state index in [-0.39, 0.29) is 11.9 Å². The molecule has 0 aliphatic carbocycles. The summed E-state index contributed by atoms with van der Waals surface area (Å²) in [6.07, 6.45) is 4.17. The highest BCUT2D eigenvalue weighted by Gasteiger charge is 2.34. The monoisotopic (exact) mass is 345 g/mol. The van der Waals surface area contributed by atoms with Crippen LogP contribution in [-0.2, 0) is 0 Å². The van der Waals surface area contributed by atoms with Crippen molar-refractivity contribution in [3.05, 3.63) is 33.8 Å². The predicted molar refractivity (Wildman–Crippen MR) is 93.2 cm³/mol. The largest absolute Gasteiger partial charge is 0.329 e. The van der Waals surface area contributed by atoms with Crippen molar-refractivity contribution in [3.63, 3.8) is 0 Å². The lowest BCUT2D eigenvalue weighted by Crippen LogP contribution is -2.32. The second kappa shape index (κ2) is 6.64. The van der Waals surface area contributed by atoms with Gasteiger partial charge in [-0.3, -0.25) is 4.79 Å². The first-order valence-corrected chi connectivity index (χ1v) is 9.60. The minimum atomic E-state index is 0.0311. The molecule has 2 fully saturated rings. The maximum atomic E-state index is 13.1. The molecular weight excluding hydrogens is 322 g/mol. The van der Waals surface area contributed by atoms with E-state index < -0.39 is 0 Å². The molecule has 4 rings (SSSR count). The Morgan fingerprint density at radius 2 is 2.17 bits per heavy atom. The summed E-state index contributed by atoms with van der Waals surface area (Å²) in [4.78, 5) is 16.3. The summed E-state index contributed by atoms with van der Waals surface area (Å²) >= 11 is 1.73. The topological polar surface area (TPSA) is 63.1 Å². The molecule has 0 radical (unpaired) electrons. The minimum absolute atomic E-state index is 0.0311. The Morgan fingerprint density at radius 3 is 2.92 bits per heavy atom. The maximum Gasteiger partial charge on any atom is 0.276 e. The predicted octanol–water partition coefficient (Wildman–Crippen LogP) is 2.55. The maximum absolute atomic E-state index is 13.1. The number of carbonyl (C=O) groups is 1. The lowest BCUT2D eigenvalue weighted by molar-refractivity contribution is 0.0731. The van der Waals surface area contributed by atoms with Crippen molar-refractivity contribution in [2.45, 2.75) is 44.7 Å². The van der Waals surface area contributed by atoms with E-state index in [1.54, 1.807) is 11.3 Å². The van der Waals surface area contributed by atoms with E-state index in [1.165, 1.54) is 4.88 Å². The van der Waals surface area contributed by atoms with Gasteiger partial charge in [-0.1, -0.05) is 11.3 Å². The molecule has 2 aliphatic heterocycles. The van der Waals surface area contributed by atoms with Crippen LogP contribution in [0.15, 0.2) is 17.5 Å². The van der Waals surface area contributed by atoms with Gasteiger partial charge in [-0.2, -0.15) is 0 Å². The van der Waals surface area contributed by atoms with Gasteiger partial charge >= 0.3 is 0 Å². The number of nitrogens with zero attached hydrogens (tertiary/aromatic N) is 4. The van der Waals surface area contributed by atoms with Gasteiger partial charge in [0.25, 0.3) is 5.91 Å². The molecule has 2 aromatic heterocycles. The van der Waals surface area contributed by atoms with Crippen LogP contribution in [0.2, 0.25) is 0 Å². The average Bonchev–Trinajstić information content (AvgIpc) is 3.35. The number of piperidine rings is 1. The van der Waals surface area contributed by atoms with E-state index in [9.17, 15) is 4.79 Å². The molecule has 7 heteroatoms. The molecule has 4 heterocycles. The molecule has 0 saturated carbocycles. The van der Waals surface area contributed by atoms with Gasteiger partial charge in [0.15, 0.2) is 5.69 Å². The zero-order valence-electron chi connectivity index (χ0n) is 13.9. The summed E-state index contributed by atoms with van der Waals surface area (Å²) in [5.74, 6) is 0.0311. The van der Waals surface area contributed by atoms with Crippen LogP contribution in [0.25, 0.3) is 0 Å². The number of aromatic nitrogens is 3. The van der Waals surface area contributed by atoms with Crippen LogP contribution < -0.4 is 5.32 Å². The number of hydrogen-bond donors (Lipinski definition) is 1. The normalized spacial score (nSPS) is 22.2. The Morgan fingerprint density at radius 1 is 1.33 bits per heavy atom. The van der Waals surface area contributed by atoms with Gasteiger partial charge in [-0.15, -0.1) is 16.4 Å². The number of hydrogen-bond acceptors (Lipinski definition) is 5. The zero-order chi connectivity index (χ0) is 16.5. The second-order valence-corrected chi connectivity index (χ2v) is 7.60. The summed E-state index contributed by atoms with van der Waals surface area (Å²) in [5.41, 5.74) is 1.43. The van der Waals surface area contributed by atoms with Crippen LogP contribution in [0.5, 0.6) is 0 Å². The lowest BCUT2D eigenvalue weighted by Gasteiger charge is -2.24. The summed E-state index contributed by atoms with van der Waals surface area (Å²) in [6.45, 7) is 4.78. The number of rotatable bonds is 3. The third-order valence-electron chi connectivity index (χ3n) is 5.17. The van der Waals surface area contributed by atoms with E-state index in [0.717, 1.165) is 51.0 Å². The Labute approximate surface area is 145 Å². The fourth-order valence-electron chi connectivity index (χ4n) is 3.86. The summed E-state index contributed by atoms with van der Waals surface area (Å²) < 4.78 is 1.96. The van der Waals surface area contributed by atoms with Crippen molar-refractivity contribution >= 4 is 17.2 Å². The van der Waals surface area contributed by atoms with Gasteiger partial charge in [0.05, 0.1) is 17.8 Å². The quantitative estimate of drug-likeness (QED) is 0.929. The SMILES string of the molecule is Cc1c(C(=O)N2CCC[C@@H]2c2cccs2)nnn1C1CCNCC1. The summed E-state index contributed by atoms with van der Waals surface area (Å²) in [5, 5.41) is 14.0. The van der Waals surface area contributed by atoms with E-state index in [4.69, 9.17) is 0 Å². The molecule has 128 valence electrons. The van der Waals surface area contributed by atoms with Crippen molar-refractivity contribution in [1.82, 2.24) is 25.2 Å². The zero-order valence-corrected chi connectivity index (χ0v) is 14.8. The van der Waals surface area contributed by atoms with Gasteiger partial charge in [0, 0.05) is 11.4 Å². The van der Waals surface area contributed by atoms with Crippen LogP contribution >= 0.6 is 11.3 Å². The van der Waals surface area contributed by atoms with Crippen LogP contribution in [0, 0.1) is 6.92 Å². The Balaban J connectivity index is 1.57. The first-order chi connectivity index (χ1) is 11.8. The van der Waals surface area contributed by atoms with E-state index >= 15 is 0 Å². The van der Waals surface area contributed by atoms with Gasteiger partial charge in [-0.05, 0) is 57.1 Å². The fraction of sp³-hybridized carbons (Fsp3) is 0.588. The summed E-state index contributed by atoms with van der Waals surface area (Å²) in [7, 11) is 0. The van der Waals surface area contributed by atoms with E-state index in [2.05, 4.69) is 33.1 Å². The van der Waals surface area contributed by atoms with Gasteiger partial charge in [0.1, 0.15) is 0 Å². The van der Waals surface area contributed by atoms with E-state index in [0.29, 0.717) is 11.7 Å². The molecule has 0 unspecified atom stereocenters. The molecule has 6 nitrogen and oxygen atoms in total. The highest BCUT2D eigenvalue weighted by molar-refractivity contribution is 7.10. The molecule has 2 aromatic rings. The number of nitrogens with one attached hydrogen (secondary N) is 1. The highest BCUT2D eigenvalue weighted by atomic mass is 32.1. The molecule has 2 aliphatic rings. The van der Waals surface area contributed by atoms with Gasteiger partial charge in [-0.25, -0.2) is 4.68 Å². The lowest BCUT2D eigenvalue weighted by atomic mass is 10.1. The van der Waals surface area contributed by atoms with Crippen LogP contribution in [0.4, 0.5) is 0 Å². The van der Waals surface area contributed by atoms with Gasteiger partial charge in [0.2, 0.25) is 0 Å². The molecule has 1 atom stereocenters. The van der Waals surface area contributed by atoms with Crippen LogP contribution in [-0.4, -0.2) is 45.4 Å². The standard InChI is InChI=1S/C17H23N5OS/c1-12-16(19-20-22(12)13-6-8-18-9-7-13)17(23)21-10-2-4-14(21)15-5-3-11-24-15/h3,5,11,13-14,18H,2,4,6-10H2,1H3/t14-/m1/s1. The molecule has 24 heavy (non-hydrogen) atoms. The molecule has 1 amide bonds. The van der Waals surface area contributed by atoms with Crippen molar-refractivity contribution in [2.24, 2.45) is 0 Å². The second-order valence-electron chi connectivity index (χ2n) is 6.62. The van der Waals surface area contributed by atoms with Crippen LogP contribution in [0.1, 0.15) is 58.8 Å². The summed E-state index contributed by atoms with van der Waals surface area (Å²) in [6, 6.07) is 4.73. The first-order valence-electron chi connectivity index (χ1n) is 8.72. The Hall–Kier alpha value is -1.73. The number of thiophene rings is 1. The molecule has 0 aromatic carbocycles. The van der Waals surface area contributed by atoms with E-state index in [1.807, 2.05) is 16.5 Å². The van der Waals surface area contributed by atoms with Crippen LogP contribution in [0.3, 0.4) is 0 Å². The average molecular weight is 345 g/mol. The third-order valence-corrected chi connectivity index (χ3v) is 6.14. The van der Waals surface area contributed by atoms with Crippen molar-refractivity contribution in [1.29, 1.82) is 0 Å². The molecule has 2 saturated heterocycles. The fourth-order valence-corrected chi connectivity index (χ4v) is 4.73. The number of amides is 1. The van der Waals surface area contributed by atoms with Crippen molar-refractivity contribution in [2.75, 3.05) is 19.6 Å². The minimum Gasteiger partial charge on any atom is -0.329 e. The Bertz CT molecular complexity index is 705. The van der Waals surface area contributed by atoms with Gasteiger partial charge < -0.3 is 10.2 Å². The Kier molecular flexibility index (Phi) is 4.37. The molecule has 0 spiro atoms. The first kappa shape index (κ1) is 15.8. The number of carbonyl (C=O) groups excluding carboxylic acids is 1. The highest BCUT2D eigenvalue weighted by Crippen LogP contribution is 2.35. The number of likely N-dealkylation sites (tertiary alicyclic amines) is 1. The smallest absolute Gasteiger partial charge is 0.276 e. The molecular formula is C17H23N5OS. The molecule has 1 N–H and O–H groups in total. The third kappa shape index (κ3) is 2.75.